The summed E-state index contributed by atoms with van der Waals surface area (Å²) in [5, 5.41) is 26.5. The Kier molecular flexibility index (Phi) is 9.15. The number of rotatable bonds is 9. The molecule has 0 unspecified atom stereocenters. The highest BCUT2D eigenvalue weighted by Gasteiger charge is 2.07. The Morgan fingerprint density at radius 2 is 1.63 bits per heavy atom. The molecule has 0 bridgehead atoms. The first kappa shape index (κ1) is 23.7. The van der Waals surface area contributed by atoms with Crippen molar-refractivity contribution in [3.63, 3.8) is 0 Å². The number of benzene rings is 3. The van der Waals surface area contributed by atoms with Gasteiger partial charge in [-0.1, -0.05) is 48.0 Å². The molecule has 7 heteroatoms. The van der Waals surface area contributed by atoms with Crippen molar-refractivity contribution in [2.45, 2.75) is 6.10 Å². The summed E-state index contributed by atoms with van der Waals surface area (Å²) in [5.74, 6) is -0.938. The smallest absolute Gasteiger partial charge is 0.335 e. The van der Waals surface area contributed by atoms with Crippen molar-refractivity contribution in [2.24, 2.45) is 0 Å². The van der Waals surface area contributed by atoms with Crippen LogP contribution in [0.1, 0.15) is 22.0 Å². The summed E-state index contributed by atoms with van der Waals surface area (Å²) >= 11 is 5.95. The highest BCUT2D eigenvalue weighted by atomic mass is 35.5. The Labute approximate surface area is 187 Å². The molecule has 0 aliphatic heterocycles. The molecule has 30 heavy (non-hydrogen) atoms. The van der Waals surface area contributed by atoms with Gasteiger partial charge in [0.25, 0.3) is 0 Å². The van der Waals surface area contributed by atoms with Gasteiger partial charge in [-0.3, -0.25) is 0 Å². The molecule has 3 aromatic carbocycles. The zero-order chi connectivity index (χ0) is 20.6. The summed E-state index contributed by atoms with van der Waals surface area (Å²) in [5.41, 5.74) is 3.80. The maximum absolute atomic E-state index is 11.2. The van der Waals surface area contributed by atoms with Gasteiger partial charge in [-0.25, -0.2) is 4.79 Å². The summed E-state index contributed by atoms with van der Waals surface area (Å²) < 4.78 is 0. The van der Waals surface area contributed by atoms with E-state index < -0.39 is 12.1 Å². The van der Waals surface area contributed by atoms with Crippen LogP contribution in [-0.4, -0.2) is 35.8 Å². The van der Waals surface area contributed by atoms with Crippen molar-refractivity contribution < 1.29 is 15.0 Å². The minimum Gasteiger partial charge on any atom is -0.478 e. The van der Waals surface area contributed by atoms with Gasteiger partial charge in [-0.2, -0.15) is 0 Å². The van der Waals surface area contributed by atoms with Crippen molar-refractivity contribution >= 4 is 35.7 Å². The lowest BCUT2D eigenvalue weighted by Crippen LogP contribution is -2.26. The van der Waals surface area contributed by atoms with Crippen LogP contribution in [0.2, 0.25) is 5.02 Å². The third-order valence-corrected chi connectivity index (χ3v) is 4.74. The monoisotopic (exact) mass is 446 g/mol. The molecule has 5 nitrogen and oxygen atoms in total. The molecule has 4 N–H and O–H groups in total. The quantitative estimate of drug-likeness (QED) is 0.352. The molecule has 0 saturated carbocycles. The number of hydrogen-bond donors (Lipinski definition) is 4. The standard InChI is InChI=1S/C23H23ClN2O3.ClH/c24-20-8-2-6-18(13-20)22(27)15-25-10-11-26-21-9-3-5-17(14-21)16-4-1-7-19(12-16)23(28)29;/h1-9,12-14,22,25-27H,10-11,15H2,(H,28,29);1H/t22-;/m0./s1. The fourth-order valence-corrected chi connectivity index (χ4v) is 3.20. The summed E-state index contributed by atoms with van der Waals surface area (Å²) in [6.07, 6.45) is -0.612. The van der Waals surface area contributed by atoms with Gasteiger partial charge in [0.15, 0.2) is 0 Å². The molecule has 0 fully saturated rings. The molecule has 0 aliphatic rings. The molecule has 3 aromatic rings. The molecule has 0 radical (unpaired) electrons. The zero-order valence-corrected chi connectivity index (χ0v) is 17.8. The third kappa shape index (κ3) is 6.75. The van der Waals surface area contributed by atoms with Gasteiger partial charge >= 0.3 is 5.97 Å². The van der Waals surface area contributed by atoms with E-state index in [1.54, 1.807) is 30.3 Å². The maximum atomic E-state index is 11.2. The Bertz CT molecular complexity index is 982. The van der Waals surface area contributed by atoms with Gasteiger partial charge in [0.1, 0.15) is 0 Å². The van der Waals surface area contributed by atoms with E-state index in [-0.39, 0.29) is 18.0 Å². The Morgan fingerprint density at radius 1 is 0.933 bits per heavy atom. The number of aliphatic hydroxyl groups excluding tert-OH is 1. The fourth-order valence-electron chi connectivity index (χ4n) is 3.01. The lowest BCUT2D eigenvalue weighted by Gasteiger charge is -2.13. The molecule has 0 amide bonds. The van der Waals surface area contributed by atoms with Crippen LogP contribution in [0.3, 0.4) is 0 Å². The zero-order valence-electron chi connectivity index (χ0n) is 16.2. The van der Waals surface area contributed by atoms with Crippen molar-refractivity contribution in [3.05, 3.63) is 88.9 Å². The van der Waals surface area contributed by atoms with Crippen LogP contribution in [0, 0.1) is 0 Å². The average molecular weight is 447 g/mol. The number of carboxylic acids is 1. The van der Waals surface area contributed by atoms with Crippen LogP contribution < -0.4 is 10.6 Å². The molecule has 0 spiro atoms. The fraction of sp³-hybridized carbons (Fsp3) is 0.174. The Hall–Kier alpha value is -2.57. The molecule has 1 atom stereocenters. The summed E-state index contributed by atoms with van der Waals surface area (Å²) in [7, 11) is 0. The van der Waals surface area contributed by atoms with E-state index in [4.69, 9.17) is 16.7 Å². The number of hydrogen-bond acceptors (Lipinski definition) is 4. The molecule has 0 aromatic heterocycles. The van der Waals surface area contributed by atoms with Crippen LogP contribution >= 0.6 is 24.0 Å². The number of anilines is 1. The van der Waals surface area contributed by atoms with E-state index in [1.165, 1.54) is 0 Å². The maximum Gasteiger partial charge on any atom is 0.335 e. The minimum absolute atomic E-state index is 0. The van der Waals surface area contributed by atoms with Crippen LogP contribution in [0.15, 0.2) is 72.8 Å². The normalized spacial score (nSPS) is 11.4. The van der Waals surface area contributed by atoms with Crippen molar-refractivity contribution in [1.29, 1.82) is 0 Å². The van der Waals surface area contributed by atoms with Gasteiger partial charge in [0.2, 0.25) is 0 Å². The first-order valence-corrected chi connectivity index (χ1v) is 9.72. The number of aliphatic hydroxyl groups is 1. The predicted octanol–water partition coefficient (Wildman–Crippen LogP) is 4.86. The van der Waals surface area contributed by atoms with Gasteiger partial charge in [-0.05, 0) is 53.1 Å². The molecular formula is C23H24Cl2N2O3. The van der Waals surface area contributed by atoms with Gasteiger partial charge in [0.05, 0.1) is 11.7 Å². The molecule has 3 rings (SSSR count). The summed E-state index contributed by atoms with van der Waals surface area (Å²) in [4.78, 5) is 11.2. The van der Waals surface area contributed by atoms with Gasteiger partial charge < -0.3 is 20.8 Å². The van der Waals surface area contributed by atoms with Crippen molar-refractivity contribution in [3.8, 4) is 11.1 Å². The largest absolute Gasteiger partial charge is 0.478 e. The second kappa shape index (κ2) is 11.6. The molecule has 0 heterocycles. The highest BCUT2D eigenvalue weighted by molar-refractivity contribution is 6.30. The Balaban J connectivity index is 0.00000320. The van der Waals surface area contributed by atoms with Crippen molar-refractivity contribution in [2.75, 3.05) is 25.0 Å². The van der Waals surface area contributed by atoms with Crippen LogP contribution in [0.25, 0.3) is 11.1 Å². The van der Waals surface area contributed by atoms with Gasteiger partial charge in [0, 0.05) is 30.3 Å². The Morgan fingerprint density at radius 3 is 2.37 bits per heavy atom. The minimum atomic E-state index is -0.938. The first-order valence-electron chi connectivity index (χ1n) is 9.35. The molecular weight excluding hydrogens is 423 g/mol. The lowest BCUT2D eigenvalue weighted by atomic mass is 10.0. The summed E-state index contributed by atoms with van der Waals surface area (Å²) in [6, 6.07) is 21.9. The first-order chi connectivity index (χ1) is 14.0. The van der Waals surface area contributed by atoms with E-state index in [0.717, 1.165) is 22.4 Å². The number of carboxylic acid groups (broad SMARTS) is 1. The predicted molar refractivity (Wildman–Crippen MR) is 124 cm³/mol. The van der Waals surface area contributed by atoms with Crippen LogP contribution in [0.4, 0.5) is 5.69 Å². The number of aromatic carboxylic acids is 1. The number of nitrogens with one attached hydrogen (secondary N) is 2. The van der Waals surface area contributed by atoms with Crippen LogP contribution in [-0.2, 0) is 0 Å². The van der Waals surface area contributed by atoms with Crippen molar-refractivity contribution in [1.82, 2.24) is 5.32 Å². The molecule has 0 aliphatic carbocycles. The highest BCUT2D eigenvalue weighted by Crippen LogP contribution is 2.23. The van der Waals surface area contributed by atoms with Gasteiger partial charge in [-0.15, -0.1) is 12.4 Å². The average Bonchev–Trinajstić information content (AvgIpc) is 2.73. The second-order valence-corrected chi connectivity index (χ2v) is 7.10. The van der Waals surface area contributed by atoms with E-state index >= 15 is 0 Å². The topological polar surface area (TPSA) is 81.6 Å². The third-order valence-electron chi connectivity index (χ3n) is 4.51. The van der Waals surface area contributed by atoms with E-state index in [1.807, 2.05) is 42.5 Å². The van der Waals surface area contributed by atoms with E-state index in [0.29, 0.717) is 24.7 Å². The lowest BCUT2D eigenvalue weighted by molar-refractivity contribution is 0.0697. The summed E-state index contributed by atoms with van der Waals surface area (Å²) in [6.45, 7) is 1.79. The molecule has 0 saturated heterocycles. The van der Waals surface area contributed by atoms with E-state index in [2.05, 4.69) is 10.6 Å². The SMILES string of the molecule is Cl.O=C(O)c1cccc(-c2cccc(NCCNC[C@H](O)c3cccc(Cl)c3)c2)c1. The molecule has 158 valence electrons. The second-order valence-electron chi connectivity index (χ2n) is 6.67. The van der Waals surface area contributed by atoms with E-state index in [9.17, 15) is 9.90 Å². The van der Waals surface area contributed by atoms with Crippen LogP contribution in [0.5, 0.6) is 0 Å². The number of carbonyl (C=O) groups is 1. The number of halogens is 2.